The molecule has 3 aromatic carbocycles. The van der Waals surface area contributed by atoms with Crippen molar-refractivity contribution in [1.29, 1.82) is 0 Å². The number of aromatic hydroxyl groups is 2. The molecular weight excluding hydrogens is 808 g/mol. The highest BCUT2D eigenvalue weighted by atomic mass is 16.7. The summed E-state index contributed by atoms with van der Waals surface area (Å²) in [6.45, 7) is -1.36. The summed E-state index contributed by atoms with van der Waals surface area (Å²) in [5.41, 5.74) is -0.435. The Labute approximate surface area is 340 Å². The summed E-state index contributed by atoms with van der Waals surface area (Å²) in [7, 11) is 6.19. The molecule has 60 heavy (non-hydrogen) atoms. The van der Waals surface area contributed by atoms with E-state index in [1.807, 2.05) is 0 Å². The number of hydrogen-bond acceptors (Lipinski definition) is 22. The van der Waals surface area contributed by atoms with Crippen molar-refractivity contribution in [3.63, 3.8) is 0 Å². The van der Waals surface area contributed by atoms with Crippen molar-refractivity contribution < 1.29 is 107 Å². The van der Waals surface area contributed by atoms with Crippen LogP contribution in [0.15, 0.2) is 42.5 Å². The van der Waals surface area contributed by atoms with E-state index in [0.717, 1.165) is 12.1 Å². The third kappa shape index (κ3) is 9.61. The minimum atomic E-state index is -1.94. The first-order chi connectivity index (χ1) is 28.6. The zero-order valence-electron chi connectivity index (χ0n) is 32.5. The van der Waals surface area contributed by atoms with E-state index in [2.05, 4.69) is 0 Å². The molecule has 2 heterocycles. The van der Waals surface area contributed by atoms with Crippen LogP contribution in [0.25, 0.3) is 0 Å². The van der Waals surface area contributed by atoms with Gasteiger partial charge in [-0.15, -0.1) is 0 Å². The molecule has 0 spiro atoms. The molecule has 2 aliphatic rings. The fourth-order valence-electron chi connectivity index (χ4n) is 6.00. The van der Waals surface area contributed by atoms with E-state index in [9.17, 15) is 55.2 Å². The van der Waals surface area contributed by atoms with E-state index < -0.39 is 98.3 Å². The van der Waals surface area contributed by atoms with Gasteiger partial charge in [0.15, 0.2) is 34.5 Å². The van der Waals surface area contributed by atoms with E-state index >= 15 is 0 Å². The average molecular weight is 853 g/mol. The third-order valence-electron chi connectivity index (χ3n) is 9.39. The number of methoxy groups -OCH3 is 5. The van der Waals surface area contributed by atoms with Gasteiger partial charge in [-0.1, -0.05) is 0 Å². The van der Waals surface area contributed by atoms with Crippen molar-refractivity contribution in [3.05, 3.63) is 59.2 Å². The Morgan fingerprint density at radius 1 is 0.483 bits per heavy atom. The van der Waals surface area contributed by atoms with E-state index in [4.69, 9.17) is 52.1 Å². The van der Waals surface area contributed by atoms with Crippen molar-refractivity contribution in [2.45, 2.75) is 61.4 Å². The van der Waals surface area contributed by atoms with Crippen LogP contribution in [0.5, 0.6) is 46.0 Å². The van der Waals surface area contributed by atoms with Crippen LogP contribution in [-0.2, 0) is 23.7 Å². The summed E-state index contributed by atoms with van der Waals surface area (Å²) in [6.07, 6.45) is -17.6. The summed E-state index contributed by atoms with van der Waals surface area (Å²) >= 11 is 0. The lowest BCUT2D eigenvalue weighted by molar-refractivity contribution is -0.285. The second-order valence-electron chi connectivity index (χ2n) is 13.1. The predicted molar refractivity (Wildman–Crippen MR) is 195 cm³/mol. The molecule has 0 unspecified atom stereocenters. The standard InChI is InChI=1S/C38H44O22/c1-50-19-8-15(34(47)55-13-25-29(42)31(44)33(46)38(59-25)60-36(49)17-11-22(53-4)27(40)23(12-17)54-5)6-7-18(19)57-37-32(45)30(43)28(41)24(58-37)14-56-35(48)16-9-20(51-2)26(39)21(10-16)52-3/h6-12,24-25,28-33,37-46H,13-14H2,1-5H3/t24-,25-,28-,29-,30+,31+,32-,33-,37-,38+/m1/s1. The molecule has 5 rings (SSSR count). The van der Waals surface area contributed by atoms with Gasteiger partial charge in [0.1, 0.15) is 62.0 Å². The Bertz CT molecular complexity index is 1950. The highest BCUT2D eigenvalue weighted by Gasteiger charge is 2.47. The highest BCUT2D eigenvalue weighted by Crippen LogP contribution is 2.39. The SMILES string of the molecule is COc1cc(C(=O)OC[C@H]2O[C@@H](OC(=O)c3cc(OC)c(O)c(OC)c3)[C@H](O)[C@@H](O)[C@@H]2O)ccc1O[C@@H]1O[C@H](COC(=O)c2cc(OC)c(O)c(OC)c2)[C@@H](O)[C@H](O)[C@H]1O. The number of carbonyl (C=O) groups is 3. The molecule has 10 atom stereocenters. The van der Waals surface area contributed by atoms with Crippen LogP contribution < -0.4 is 28.4 Å². The Kier molecular flexibility index (Phi) is 14.7. The molecule has 22 nitrogen and oxygen atoms in total. The van der Waals surface area contributed by atoms with E-state index in [0.29, 0.717) is 0 Å². The van der Waals surface area contributed by atoms with Gasteiger partial charge in [-0.2, -0.15) is 0 Å². The molecule has 0 aromatic heterocycles. The van der Waals surface area contributed by atoms with E-state index in [1.54, 1.807) is 0 Å². The zero-order chi connectivity index (χ0) is 44.0. The van der Waals surface area contributed by atoms with Gasteiger partial charge in [-0.25, -0.2) is 14.4 Å². The monoisotopic (exact) mass is 852 g/mol. The van der Waals surface area contributed by atoms with Crippen molar-refractivity contribution in [3.8, 4) is 46.0 Å². The van der Waals surface area contributed by atoms with Gasteiger partial charge in [0, 0.05) is 0 Å². The van der Waals surface area contributed by atoms with Gasteiger partial charge in [-0.3, -0.25) is 0 Å². The third-order valence-corrected chi connectivity index (χ3v) is 9.39. The van der Waals surface area contributed by atoms with Gasteiger partial charge in [0.05, 0.1) is 52.2 Å². The summed E-state index contributed by atoms with van der Waals surface area (Å²) in [5.74, 6) is -4.49. The smallest absolute Gasteiger partial charge is 0.340 e. The largest absolute Gasteiger partial charge is 0.502 e. The first-order valence-electron chi connectivity index (χ1n) is 17.8. The summed E-state index contributed by atoms with van der Waals surface area (Å²) in [4.78, 5) is 38.9. The number of ether oxygens (including phenoxy) is 11. The van der Waals surface area contributed by atoms with Gasteiger partial charge in [0.2, 0.25) is 24.1 Å². The highest BCUT2D eigenvalue weighted by molar-refractivity contribution is 5.92. The molecule has 328 valence electrons. The number of benzene rings is 3. The van der Waals surface area contributed by atoms with E-state index in [1.165, 1.54) is 65.9 Å². The maximum Gasteiger partial charge on any atom is 0.340 e. The van der Waals surface area contributed by atoms with Crippen molar-refractivity contribution in [1.82, 2.24) is 0 Å². The van der Waals surface area contributed by atoms with Gasteiger partial charge < -0.3 is 93.0 Å². The first-order valence-corrected chi connectivity index (χ1v) is 17.8. The van der Waals surface area contributed by atoms with Crippen molar-refractivity contribution in [2.24, 2.45) is 0 Å². The number of phenolic OH excluding ortho intramolecular Hbond substituents is 2. The van der Waals surface area contributed by atoms with Crippen LogP contribution in [-0.4, -0.2) is 169 Å². The van der Waals surface area contributed by atoms with Crippen LogP contribution in [0.4, 0.5) is 0 Å². The van der Waals surface area contributed by atoms with Crippen LogP contribution in [0, 0.1) is 0 Å². The number of phenols is 2. The maximum absolute atomic E-state index is 13.1. The summed E-state index contributed by atoms with van der Waals surface area (Å²) < 4.78 is 58.1. The second kappa shape index (κ2) is 19.5. The van der Waals surface area contributed by atoms with Crippen molar-refractivity contribution >= 4 is 17.9 Å². The second-order valence-corrected chi connectivity index (χ2v) is 13.1. The number of carbonyl (C=O) groups excluding carboxylic acids is 3. The lowest BCUT2D eigenvalue weighted by atomic mass is 9.99. The lowest BCUT2D eigenvalue weighted by Gasteiger charge is -2.40. The number of aliphatic hydroxyl groups is 6. The Morgan fingerprint density at radius 2 is 0.867 bits per heavy atom. The number of hydrogen-bond donors (Lipinski definition) is 8. The number of rotatable bonds is 15. The average Bonchev–Trinajstić information content (AvgIpc) is 3.25. The van der Waals surface area contributed by atoms with Gasteiger partial charge >= 0.3 is 17.9 Å². The molecule has 2 fully saturated rings. The quantitative estimate of drug-likeness (QED) is 0.0672. The Hall–Kier alpha value is -5.85. The molecule has 2 saturated heterocycles. The molecule has 0 bridgehead atoms. The predicted octanol–water partition coefficient (Wildman–Crippen LogP) is -0.994. The number of esters is 3. The maximum atomic E-state index is 13.1. The Morgan fingerprint density at radius 3 is 1.32 bits per heavy atom. The number of aliphatic hydroxyl groups excluding tert-OH is 6. The fraction of sp³-hybridized carbons (Fsp3) is 0.447. The minimum absolute atomic E-state index is 0.0846. The first kappa shape index (κ1) is 45.2. The zero-order valence-corrected chi connectivity index (χ0v) is 32.5. The van der Waals surface area contributed by atoms with Crippen LogP contribution in [0.2, 0.25) is 0 Å². The van der Waals surface area contributed by atoms with Crippen molar-refractivity contribution in [2.75, 3.05) is 48.8 Å². The molecular formula is C38H44O22. The normalized spacial score (nSPS) is 26.2. The molecule has 8 N–H and O–H groups in total. The van der Waals surface area contributed by atoms with Gasteiger partial charge in [0.25, 0.3) is 0 Å². The molecule has 0 amide bonds. The molecule has 0 aliphatic carbocycles. The summed E-state index contributed by atoms with van der Waals surface area (Å²) in [5, 5.41) is 83.7. The van der Waals surface area contributed by atoms with Crippen LogP contribution in [0.1, 0.15) is 31.1 Å². The lowest BCUT2D eigenvalue weighted by Crippen LogP contribution is -2.60. The topological polar surface area (TPSA) is 315 Å². The molecule has 22 heteroatoms. The van der Waals surface area contributed by atoms with Crippen LogP contribution in [0.3, 0.4) is 0 Å². The Balaban J connectivity index is 1.21. The molecule has 0 saturated carbocycles. The van der Waals surface area contributed by atoms with E-state index in [-0.39, 0.29) is 56.9 Å². The molecule has 0 radical (unpaired) electrons. The minimum Gasteiger partial charge on any atom is -0.502 e. The fourth-order valence-corrected chi connectivity index (χ4v) is 6.00. The molecule has 3 aromatic rings. The summed E-state index contributed by atoms with van der Waals surface area (Å²) in [6, 6.07) is 8.21. The van der Waals surface area contributed by atoms with Gasteiger partial charge in [-0.05, 0) is 42.5 Å². The molecule has 2 aliphatic heterocycles. The van der Waals surface area contributed by atoms with Crippen LogP contribution >= 0.6 is 0 Å².